The maximum Gasteiger partial charge on any atom is 0.415 e. The summed E-state index contributed by atoms with van der Waals surface area (Å²) in [5.74, 6) is 12.6. The molecule has 1 unspecified atom stereocenters. The van der Waals surface area contributed by atoms with E-state index in [0.717, 1.165) is 18.4 Å². The van der Waals surface area contributed by atoms with Crippen LogP contribution >= 0.6 is 0 Å². The third kappa shape index (κ3) is 3.17. The lowest BCUT2D eigenvalue weighted by atomic mass is 9.60. The number of epoxide rings is 1. The maximum absolute atomic E-state index is 13.6. The van der Waals surface area contributed by atoms with Gasteiger partial charge in [-0.1, -0.05) is 67.0 Å². The summed E-state index contributed by atoms with van der Waals surface area (Å²) in [7, 11) is -3.58. The molecule has 6 rings (SSSR count). The number of amides is 1. The van der Waals surface area contributed by atoms with Crippen molar-refractivity contribution in [2.75, 3.05) is 17.3 Å². The molecular formula is C29H25NO5S. The van der Waals surface area contributed by atoms with Gasteiger partial charge in [0.2, 0.25) is 0 Å². The van der Waals surface area contributed by atoms with Gasteiger partial charge < -0.3 is 9.47 Å². The zero-order chi connectivity index (χ0) is 25.0. The zero-order valence-corrected chi connectivity index (χ0v) is 20.6. The number of allylic oxidation sites excluding steroid dienone is 2. The predicted molar refractivity (Wildman–Crippen MR) is 135 cm³/mol. The molecule has 36 heavy (non-hydrogen) atoms. The van der Waals surface area contributed by atoms with Crippen molar-refractivity contribution < 1.29 is 22.7 Å². The highest BCUT2D eigenvalue weighted by Gasteiger charge is 2.83. The third-order valence-electron chi connectivity index (χ3n) is 7.81. The van der Waals surface area contributed by atoms with E-state index in [1.807, 2.05) is 24.3 Å². The second-order valence-electron chi connectivity index (χ2n) is 9.61. The van der Waals surface area contributed by atoms with Crippen molar-refractivity contribution in [1.82, 2.24) is 0 Å². The molecule has 2 fully saturated rings. The molecule has 2 aromatic rings. The predicted octanol–water partition coefficient (Wildman–Crippen LogP) is 4.07. The minimum atomic E-state index is -3.58. The first-order valence-corrected chi connectivity index (χ1v) is 13.8. The molecule has 2 aliphatic carbocycles. The highest BCUT2D eigenvalue weighted by molar-refractivity contribution is 7.91. The molecule has 0 radical (unpaired) electrons. The molecule has 2 aliphatic heterocycles. The van der Waals surface area contributed by atoms with Gasteiger partial charge in [-0.3, -0.25) is 4.90 Å². The van der Waals surface area contributed by atoms with Gasteiger partial charge >= 0.3 is 6.09 Å². The van der Waals surface area contributed by atoms with Crippen molar-refractivity contribution in [3.63, 3.8) is 0 Å². The number of fused-ring (bicyclic) bond motifs is 1. The van der Waals surface area contributed by atoms with Gasteiger partial charge in [-0.05, 0) is 49.1 Å². The summed E-state index contributed by atoms with van der Waals surface area (Å²) in [6.45, 7) is 1.88. The summed E-state index contributed by atoms with van der Waals surface area (Å²) in [5.41, 5.74) is 0.247. The molecule has 0 N–H and O–H groups in total. The summed E-state index contributed by atoms with van der Waals surface area (Å²) in [5, 5.41) is 0. The Balaban J connectivity index is 1.36. The van der Waals surface area contributed by atoms with Crippen molar-refractivity contribution in [2.24, 2.45) is 11.8 Å². The molecule has 2 heterocycles. The van der Waals surface area contributed by atoms with Crippen LogP contribution < -0.4 is 4.90 Å². The number of sulfone groups is 1. The number of para-hydroxylation sites is 1. The molecule has 1 saturated heterocycles. The van der Waals surface area contributed by atoms with Crippen LogP contribution in [0.15, 0.2) is 71.6 Å². The maximum atomic E-state index is 13.6. The number of nitrogens with zero attached hydrogens (tertiary/aromatic N) is 1. The van der Waals surface area contributed by atoms with Gasteiger partial charge in [0.1, 0.15) is 23.9 Å². The van der Waals surface area contributed by atoms with E-state index in [4.69, 9.17) is 9.47 Å². The Kier molecular flexibility index (Phi) is 5.26. The average molecular weight is 500 g/mol. The van der Waals surface area contributed by atoms with Gasteiger partial charge in [-0.15, -0.1) is 0 Å². The van der Waals surface area contributed by atoms with E-state index >= 15 is 0 Å². The molecule has 0 aromatic heterocycles. The highest BCUT2D eigenvalue weighted by atomic mass is 32.2. The van der Waals surface area contributed by atoms with E-state index in [2.05, 4.69) is 30.6 Å². The average Bonchev–Trinajstić information content (AvgIpc) is 3.61. The van der Waals surface area contributed by atoms with Gasteiger partial charge in [0.25, 0.3) is 0 Å². The van der Waals surface area contributed by atoms with Gasteiger partial charge in [-0.2, -0.15) is 0 Å². The van der Waals surface area contributed by atoms with Crippen molar-refractivity contribution in [3.8, 4) is 23.7 Å². The number of rotatable bonds is 4. The van der Waals surface area contributed by atoms with Crippen LogP contribution in [0.25, 0.3) is 0 Å². The van der Waals surface area contributed by atoms with Crippen LogP contribution in [-0.2, 0) is 24.9 Å². The van der Waals surface area contributed by atoms with Crippen LogP contribution in [0, 0.1) is 35.5 Å². The van der Waals surface area contributed by atoms with Crippen LogP contribution in [0.3, 0.4) is 0 Å². The lowest BCUT2D eigenvalue weighted by Gasteiger charge is -2.45. The largest absolute Gasteiger partial charge is 0.448 e. The Labute approximate surface area is 211 Å². The van der Waals surface area contributed by atoms with E-state index < -0.39 is 33.2 Å². The molecule has 0 spiro atoms. The van der Waals surface area contributed by atoms with Gasteiger partial charge in [0.05, 0.1) is 22.3 Å². The number of hydrogen-bond acceptors (Lipinski definition) is 5. The number of anilines is 1. The fourth-order valence-electron chi connectivity index (χ4n) is 6.16. The van der Waals surface area contributed by atoms with Gasteiger partial charge in [0.15, 0.2) is 9.84 Å². The molecule has 182 valence electrons. The monoisotopic (exact) mass is 499 g/mol. The van der Waals surface area contributed by atoms with E-state index in [-0.39, 0.29) is 29.1 Å². The topological polar surface area (TPSA) is 76.2 Å². The molecule has 5 atom stereocenters. The number of benzene rings is 2. The van der Waals surface area contributed by atoms with Crippen LogP contribution in [0.5, 0.6) is 0 Å². The third-order valence-corrected chi connectivity index (χ3v) is 9.51. The summed E-state index contributed by atoms with van der Waals surface area (Å²) in [4.78, 5) is 15.4. The molecule has 1 saturated carbocycles. The van der Waals surface area contributed by atoms with Crippen LogP contribution in [0.4, 0.5) is 10.5 Å². The molecule has 1 amide bonds. The van der Waals surface area contributed by atoms with Crippen LogP contribution in [0.2, 0.25) is 0 Å². The number of carbonyl (C=O) groups excluding carboxylic acids is 1. The fraction of sp³-hybridized carbons (Fsp3) is 0.345. The smallest absolute Gasteiger partial charge is 0.415 e. The Morgan fingerprint density at radius 1 is 1.06 bits per heavy atom. The lowest BCUT2D eigenvalue weighted by Crippen LogP contribution is -2.60. The summed E-state index contributed by atoms with van der Waals surface area (Å²) in [6, 6.07) is 15.2. The van der Waals surface area contributed by atoms with Crippen molar-refractivity contribution in [2.45, 2.75) is 41.9 Å². The Hall–Kier alpha value is -3.52. The SMILES string of the molecule is CC1CC[C@@H]2C#C/C=C\C#C[C@H]3N(C(=O)OCCS(=O)(=O)c4ccccc4)c4ccccc4[C@@]24O[C@]134. The summed E-state index contributed by atoms with van der Waals surface area (Å²) < 4.78 is 37.7. The number of carbonyl (C=O) groups is 1. The molecule has 4 bridgehead atoms. The van der Waals surface area contributed by atoms with Crippen LogP contribution in [-0.4, -0.2) is 38.5 Å². The Morgan fingerprint density at radius 2 is 1.78 bits per heavy atom. The van der Waals surface area contributed by atoms with Crippen molar-refractivity contribution >= 4 is 21.6 Å². The normalized spacial score (nSPS) is 31.8. The van der Waals surface area contributed by atoms with Crippen molar-refractivity contribution in [3.05, 3.63) is 72.3 Å². The van der Waals surface area contributed by atoms with Gasteiger partial charge in [-0.25, -0.2) is 13.2 Å². The first kappa shape index (κ1) is 22.9. The fourth-order valence-corrected chi connectivity index (χ4v) is 7.27. The van der Waals surface area contributed by atoms with E-state index in [1.165, 1.54) is 12.1 Å². The molecule has 4 aliphatic rings. The van der Waals surface area contributed by atoms with E-state index in [0.29, 0.717) is 5.69 Å². The van der Waals surface area contributed by atoms with E-state index in [1.54, 1.807) is 35.3 Å². The molecular weight excluding hydrogens is 474 g/mol. The molecule has 2 aromatic carbocycles. The minimum absolute atomic E-state index is 0.0175. The summed E-state index contributed by atoms with van der Waals surface area (Å²) >= 11 is 0. The Morgan fingerprint density at radius 3 is 2.58 bits per heavy atom. The highest BCUT2D eigenvalue weighted by Crippen LogP contribution is 2.73. The number of hydrogen-bond donors (Lipinski definition) is 0. The van der Waals surface area contributed by atoms with Crippen molar-refractivity contribution in [1.29, 1.82) is 0 Å². The molecule has 6 nitrogen and oxygen atoms in total. The minimum Gasteiger partial charge on any atom is -0.448 e. The van der Waals surface area contributed by atoms with Crippen LogP contribution in [0.1, 0.15) is 25.3 Å². The second kappa shape index (κ2) is 8.27. The van der Waals surface area contributed by atoms with Gasteiger partial charge in [0, 0.05) is 5.56 Å². The number of ether oxygens (including phenoxy) is 2. The lowest BCUT2D eigenvalue weighted by molar-refractivity contribution is 0.146. The first-order chi connectivity index (χ1) is 17.4. The van der Waals surface area contributed by atoms with E-state index in [9.17, 15) is 13.2 Å². The quantitative estimate of drug-likeness (QED) is 0.468. The second-order valence-corrected chi connectivity index (χ2v) is 11.7. The zero-order valence-electron chi connectivity index (χ0n) is 19.8. The Bertz CT molecular complexity index is 1490. The summed E-state index contributed by atoms with van der Waals surface area (Å²) in [6.07, 6.45) is 4.60. The standard InChI is InChI=1S/C29H25NO5S/c1-21-17-18-22-11-5-2-3-8-16-26-28(21)29(22,35-28)24-14-9-10-15-25(24)30(26)27(31)34-19-20-36(32,33)23-12-6-4-7-13-23/h2-4,6-7,9-10,12-15,21-22,26H,17-20H2,1H3/b3-2-/t21?,22-,26+,28+,29-/m0/s1. The molecule has 7 heteroatoms. The first-order valence-electron chi connectivity index (χ1n) is 12.1.